The van der Waals surface area contributed by atoms with Gasteiger partial charge in [0.25, 0.3) is 5.56 Å². The molecule has 0 fully saturated rings. The van der Waals surface area contributed by atoms with Gasteiger partial charge in [-0.15, -0.1) is 0 Å². The molecule has 0 aliphatic heterocycles. The topological polar surface area (TPSA) is 34.0 Å². The number of rotatable bonds is 6. The van der Waals surface area contributed by atoms with E-state index in [-0.39, 0.29) is 5.56 Å². The highest BCUT2D eigenvalue weighted by Gasteiger charge is 2.01. The first-order valence-electron chi connectivity index (χ1n) is 6.62. The number of hydrogen-bond donors (Lipinski definition) is 1. The summed E-state index contributed by atoms with van der Waals surface area (Å²) < 4.78 is 1.81. The average Bonchev–Trinajstić information content (AvgIpc) is 2.41. The molecule has 0 atom stereocenters. The van der Waals surface area contributed by atoms with Crippen LogP contribution in [0.3, 0.4) is 0 Å². The van der Waals surface area contributed by atoms with Crippen molar-refractivity contribution in [2.45, 2.75) is 26.3 Å². The van der Waals surface area contributed by atoms with Gasteiger partial charge in [-0.3, -0.25) is 4.79 Å². The summed E-state index contributed by atoms with van der Waals surface area (Å²) in [5.41, 5.74) is 0.122. The maximum absolute atomic E-state index is 12.2. The van der Waals surface area contributed by atoms with Gasteiger partial charge in [0, 0.05) is 18.1 Å². The van der Waals surface area contributed by atoms with Gasteiger partial charge in [0.05, 0.1) is 0 Å². The molecule has 0 saturated heterocycles. The van der Waals surface area contributed by atoms with Gasteiger partial charge >= 0.3 is 0 Å². The molecule has 0 aliphatic carbocycles. The van der Waals surface area contributed by atoms with Gasteiger partial charge in [0.15, 0.2) is 0 Å². The van der Waals surface area contributed by atoms with Crippen molar-refractivity contribution in [1.29, 1.82) is 0 Å². The van der Waals surface area contributed by atoms with Gasteiger partial charge in [-0.25, -0.2) is 0 Å². The Hall–Kier alpha value is -1.61. The van der Waals surface area contributed by atoms with Crippen molar-refractivity contribution in [3.8, 4) is 0 Å². The molecule has 0 unspecified atom stereocenters. The zero-order chi connectivity index (χ0) is 12.8. The van der Waals surface area contributed by atoms with Crippen molar-refractivity contribution in [2.24, 2.45) is 0 Å². The van der Waals surface area contributed by atoms with Crippen molar-refractivity contribution in [1.82, 2.24) is 9.88 Å². The first kappa shape index (κ1) is 12.8. The van der Waals surface area contributed by atoms with Gasteiger partial charge in [-0.05, 0) is 43.5 Å². The Bertz CT molecular complexity index is 560. The molecule has 0 saturated carbocycles. The lowest BCUT2D eigenvalue weighted by atomic mass is 10.2. The third-order valence-electron chi connectivity index (χ3n) is 3.14. The highest BCUT2D eigenvalue weighted by atomic mass is 16.1. The van der Waals surface area contributed by atoms with Gasteiger partial charge < -0.3 is 9.88 Å². The fourth-order valence-corrected chi connectivity index (χ4v) is 2.11. The molecule has 2 aromatic rings. The summed E-state index contributed by atoms with van der Waals surface area (Å²) in [5.74, 6) is 0. The van der Waals surface area contributed by atoms with Gasteiger partial charge in [-0.2, -0.15) is 0 Å². The number of nitrogens with zero attached hydrogens (tertiary/aromatic N) is 1. The lowest BCUT2D eigenvalue weighted by Gasteiger charge is -2.07. The Morgan fingerprint density at radius 2 is 2.00 bits per heavy atom. The maximum atomic E-state index is 12.2. The zero-order valence-corrected chi connectivity index (χ0v) is 10.9. The number of hydrogen-bond acceptors (Lipinski definition) is 2. The summed E-state index contributed by atoms with van der Waals surface area (Å²) in [6, 6.07) is 9.77. The van der Waals surface area contributed by atoms with Crippen LogP contribution in [-0.4, -0.2) is 17.7 Å². The quantitative estimate of drug-likeness (QED) is 0.792. The van der Waals surface area contributed by atoms with Crippen molar-refractivity contribution in [3.63, 3.8) is 0 Å². The van der Waals surface area contributed by atoms with Crippen LogP contribution < -0.4 is 10.9 Å². The SMILES string of the molecule is CCNCCCCn1ccc2ccccc2c1=O. The smallest absolute Gasteiger partial charge is 0.258 e. The molecule has 96 valence electrons. The molecule has 3 nitrogen and oxygen atoms in total. The maximum Gasteiger partial charge on any atom is 0.258 e. The highest BCUT2D eigenvalue weighted by Crippen LogP contribution is 2.08. The largest absolute Gasteiger partial charge is 0.317 e. The summed E-state index contributed by atoms with van der Waals surface area (Å²) in [6.45, 7) is 4.94. The normalized spacial score (nSPS) is 10.9. The Morgan fingerprint density at radius 1 is 1.17 bits per heavy atom. The Balaban J connectivity index is 2.05. The van der Waals surface area contributed by atoms with E-state index in [0.717, 1.165) is 43.2 Å². The van der Waals surface area contributed by atoms with Crippen LogP contribution in [0, 0.1) is 0 Å². The fraction of sp³-hybridized carbons (Fsp3) is 0.400. The molecule has 0 bridgehead atoms. The van der Waals surface area contributed by atoms with Crippen LogP contribution in [0.15, 0.2) is 41.3 Å². The molecule has 2 rings (SSSR count). The van der Waals surface area contributed by atoms with Crippen molar-refractivity contribution in [3.05, 3.63) is 46.9 Å². The number of aromatic nitrogens is 1. The third kappa shape index (κ3) is 2.99. The molecule has 1 aromatic carbocycles. The number of nitrogens with one attached hydrogen (secondary N) is 1. The molecule has 0 aliphatic rings. The van der Waals surface area contributed by atoms with E-state index in [1.807, 2.05) is 41.1 Å². The second kappa shape index (κ2) is 6.36. The number of aryl methyl sites for hydroxylation is 1. The van der Waals surface area contributed by atoms with Crippen molar-refractivity contribution >= 4 is 10.8 Å². The molecule has 1 N–H and O–H groups in total. The van der Waals surface area contributed by atoms with E-state index in [0.29, 0.717) is 0 Å². The zero-order valence-electron chi connectivity index (χ0n) is 10.9. The molecule has 18 heavy (non-hydrogen) atoms. The molecule has 0 radical (unpaired) electrons. The summed E-state index contributed by atoms with van der Waals surface area (Å²) in [4.78, 5) is 12.2. The van der Waals surface area contributed by atoms with Crippen LogP contribution in [0.2, 0.25) is 0 Å². The van der Waals surface area contributed by atoms with E-state index in [2.05, 4.69) is 12.2 Å². The fourth-order valence-electron chi connectivity index (χ4n) is 2.11. The van der Waals surface area contributed by atoms with Gasteiger partial charge in [-0.1, -0.05) is 25.1 Å². The summed E-state index contributed by atoms with van der Waals surface area (Å²) in [7, 11) is 0. The van der Waals surface area contributed by atoms with Crippen LogP contribution in [0.4, 0.5) is 0 Å². The first-order valence-corrected chi connectivity index (χ1v) is 6.62. The van der Waals surface area contributed by atoms with E-state index in [1.165, 1.54) is 0 Å². The molecule has 1 aromatic heterocycles. The standard InChI is InChI=1S/C15H20N2O/c1-2-16-10-5-6-11-17-12-9-13-7-3-4-8-14(13)15(17)18/h3-4,7-9,12,16H,2,5-6,10-11H2,1H3. The van der Waals surface area contributed by atoms with E-state index < -0.39 is 0 Å². The van der Waals surface area contributed by atoms with E-state index in [4.69, 9.17) is 0 Å². The van der Waals surface area contributed by atoms with Gasteiger partial charge in [0.2, 0.25) is 0 Å². The van der Waals surface area contributed by atoms with Crippen molar-refractivity contribution in [2.75, 3.05) is 13.1 Å². The minimum Gasteiger partial charge on any atom is -0.317 e. The van der Waals surface area contributed by atoms with E-state index >= 15 is 0 Å². The van der Waals surface area contributed by atoms with Crippen LogP contribution in [0.25, 0.3) is 10.8 Å². The van der Waals surface area contributed by atoms with Crippen LogP contribution in [0.1, 0.15) is 19.8 Å². The minimum atomic E-state index is 0.122. The predicted molar refractivity (Wildman–Crippen MR) is 76.0 cm³/mol. The number of unbranched alkanes of at least 4 members (excludes halogenated alkanes) is 1. The summed E-state index contributed by atoms with van der Waals surface area (Å²) >= 11 is 0. The lowest BCUT2D eigenvalue weighted by molar-refractivity contribution is 0.568. The van der Waals surface area contributed by atoms with Crippen LogP contribution in [0.5, 0.6) is 0 Å². The second-order valence-corrected chi connectivity index (χ2v) is 4.46. The lowest BCUT2D eigenvalue weighted by Crippen LogP contribution is -2.20. The van der Waals surface area contributed by atoms with Crippen LogP contribution >= 0.6 is 0 Å². The molecule has 0 spiro atoms. The van der Waals surface area contributed by atoms with E-state index in [9.17, 15) is 4.79 Å². The molecule has 3 heteroatoms. The van der Waals surface area contributed by atoms with Gasteiger partial charge in [0.1, 0.15) is 0 Å². The minimum absolute atomic E-state index is 0.122. The second-order valence-electron chi connectivity index (χ2n) is 4.46. The molecule has 1 heterocycles. The van der Waals surface area contributed by atoms with Crippen molar-refractivity contribution < 1.29 is 0 Å². The number of fused-ring (bicyclic) bond motifs is 1. The average molecular weight is 244 g/mol. The molecule has 0 amide bonds. The first-order chi connectivity index (χ1) is 8.83. The third-order valence-corrected chi connectivity index (χ3v) is 3.14. The Morgan fingerprint density at radius 3 is 2.83 bits per heavy atom. The van der Waals surface area contributed by atoms with E-state index in [1.54, 1.807) is 0 Å². The predicted octanol–water partition coefficient (Wildman–Crippen LogP) is 2.39. The number of pyridine rings is 1. The number of benzene rings is 1. The molecular formula is C15H20N2O. The molecular weight excluding hydrogens is 224 g/mol. The Kier molecular flexibility index (Phi) is 4.53. The summed E-state index contributed by atoms with van der Waals surface area (Å²) in [6.07, 6.45) is 4.04. The highest BCUT2D eigenvalue weighted by molar-refractivity contribution is 5.81. The monoisotopic (exact) mass is 244 g/mol. The Labute approximate surface area is 107 Å². The van der Waals surface area contributed by atoms with Crippen LogP contribution in [-0.2, 0) is 6.54 Å². The summed E-state index contributed by atoms with van der Waals surface area (Å²) in [5, 5.41) is 5.12.